The zero-order valence-corrected chi connectivity index (χ0v) is 35.7. The number of hydrogen-bond donors (Lipinski definition) is 3. The van der Waals surface area contributed by atoms with E-state index in [0.29, 0.717) is 55.5 Å². The SMILES string of the molecule is C=CC(=N)OC[C@@]1(C(=O)O)CC=C(C2=CC[C@]3(C)[C@H]4CC[C@@H]5[C@H]6[C@H](C(=C)C)CC[C@]6(NCCN6CCS(=O)(=O)CC6)CC[C@@]5(C)[C@]4(C)CC[C@H]3C2(C)C)CC1. The van der Waals surface area contributed by atoms with Crippen molar-refractivity contribution in [3.63, 3.8) is 0 Å². The number of sulfone groups is 1. The molecule has 1 saturated heterocycles. The molecule has 1 aliphatic heterocycles. The number of aliphatic carboxylic acids is 1. The molecule has 0 spiro atoms. The number of carboxylic acid groups (broad SMARTS) is 1. The average Bonchev–Trinajstić information content (AvgIpc) is 3.52. The van der Waals surface area contributed by atoms with E-state index >= 15 is 0 Å². The number of ether oxygens (including phenoxy) is 1. The Bertz CT molecular complexity index is 1750. The molecular weight excluding hydrogens is 707 g/mol. The molecule has 4 saturated carbocycles. The minimum Gasteiger partial charge on any atom is -0.481 e. The molecule has 8 nitrogen and oxygen atoms in total. The van der Waals surface area contributed by atoms with E-state index in [0.717, 1.165) is 25.9 Å². The van der Waals surface area contributed by atoms with Gasteiger partial charge in [-0.3, -0.25) is 10.2 Å². The van der Waals surface area contributed by atoms with Gasteiger partial charge in [-0.2, -0.15) is 0 Å². The van der Waals surface area contributed by atoms with Crippen molar-refractivity contribution in [2.45, 2.75) is 124 Å². The lowest BCUT2D eigenvalue weighted by molar-refractivity contribution is -0.221. The number of nitrogens with zero attached hydrogens (tertiary/aromatic N) is 1. The Morgan fingerprint density at radius 2 is 1.71 bits per heavy atom. The van der Waals surface area contributed by atoms with Gasteiger partial charge in [0.05, 0.1) is 11.5 Å². The van der Waals surface area contributed by atoms with Crippen molar-refractivity contribution in [1.29, 1.82) is 5.41 Å². The lowest BCUT2D eigenvalue weighted by Crippen LogP contribution is -2.68. The first kappa shape index (κ1) is 40.9. The molecule has 6 aliphatic carbocycles. The molecule has 55 heavy (non-hydrogen) atoms. The molecule has 0 aromatic carbocycles. The van der Waals surface area contributed by atoms with Crippen LogP contribution in [-0.4, -0.2) is 80.1 Å². The number of hydrogen-bond acceptors (Lipinski definition) is 7. The second-order valence-electron chi connectivity index (χ2n) is 20.7. The smallest absolute Gasteiger partial charge is 0.313 e. The van der Waals surface area contributed by atoms with Gasteiger partial charge in [-0.15, -0.1) is 0 Å². The molecule has 7 aliphatic rings. The van der Waals surface area contributed by atoms with Crippen LogP contribution in [0.15, 0.2) is 48.1 Å². The molecule has 0 aromatic rings. The average molecular weight is 778 g/mol. The van der Waals surface area contributed by atoms with Gasteiger partial charge >= 0.3 is 5.97 Å². The van der Waals surface area contributed by atoms with E-state index in [2.05, 4.69) is 77.1 Å². The zero-order valence-electron chi connectivity index (χ0n) is 34.9. The maximum absolute atomic E-state index is 12.5. The fraction of sp³-hybridized carbons (Fsp3) is 0.783. The van der Waals surface area contributed by atoms with E-state index in [4.69, 9.17) is 10.1 Å². The van der Waals surface area contributed by atoms with Crippen molar-refractivity contribution < 1.29 is 23.1 Å². The summed E-state index contributed by atoms with van der Waals surface area (Å²) in [6.45, 7) is 26.6. The Hall–Kier alpha value is -2.23. The first-order valence-corrected chi connectivity index (χ1v) is 23.4. The van der Waals surface area contributed by atoms with Crippen molar-refractivity contribution in [1.82, 2.24) is 10.2 Å². The molecule has 5 fully saturated rings. The van der Waals surface area contributed by atoms with Crippen molar-refractivity contribution in [2.75, 3.05) is 44.3 Å². The van der Waals surface area contributed by atoms with Gasteiger partial charge in [-0.05, 0) is 152 Å². The van der Waals surface area contributed by atoms with Crippen molar-refractivity contribution in [2.24, 2.45) is 56.7 Å². The summed E-state index contributed by atoms with van der Waals surface area (Å²) in [4.78, 5) is 14.9. The van der Waals surface area contributed by atoms with Crippen LogP contribution in [0.2, 0.25) is 0 Å². The van der Waals surface area contributed by atoms with Crippen LogP contribution >= 0.6 is 0 Å². The molecular formula is C46H71N3O5S. The van der Waals surface area contributed by atoms with E-state index in [9.17, 15) is 18.3 Å². The molecule has 0 aromatic heterocycles. The van der Waals surface area contributed by atoms with Crippen LogP contribution < -0.4 is 5.32 Å². The van der Waals surface area contributed by atoms with Gasteiger partial charge in [-0.1, -0.05) is 65.5 Å². The molecule has 0 radical (unpaired) electrons. The van der Waals surface area contributed by atoms with Crippen LogP contribution in [-0.2, 0) is 19.4 Å². The summed E-state index contributed by atoms with van der Waals surface area (Å²) in [5.41, 5.74) is 3.93. The third-order valence-corrected chi connectivity index (χ3v) is 19.7. The second-order valence-corrected chi connectivity index (χ2v) is 23.0. The quantitative estimate of drug-likeness (QED) is 0.116. The third-order valence-electron chi connectivity index (χ3n) is 18.1. The molecule has 0 amide bonds. The minimum atomic E-state index is -2.87. The maximum Gasteiger partial charge on any atom is 0.313 e. The fourth-order valence-corrected chi connectivity index (χ4v) is 16.1. The Balaban J connectivity index is 1.11. The van der Waals surface area contributed by atoms with Gasteiger partial charge in [0.2, 0.25) is 5.90 Å². The van der Waals surface area contributed by atoms with Gasteiger partial charge in [0, 0.05) is 31.7 Å². The van der Waals surface area contributed by atoms with Crippen LogP contribution in [0.4, 0.5) is 0 Å². The largest absolute Gasteiger partial charge is 0.481 e. The van der Waals surface area contributed by atoms with Gasteiger partial charge < -0.3 is 20.1 Å². The molecule has 10 atom stereocenters. The maximum atomic E-state index is 12.5. The molecule has 0 unspecified atom stereocenters. The lowest BCUT2D eigenvalue weighted by atomic mass is 9.33. The summed E-state index contributed by atoms with van der Waals surface area (Å²) in [6.07, 6.45) is 18.8. The number of carboxylic acids is 1. The summed E-state index contributed by atoms with van der Waals surface area (Å²) in [5, 5.41) is 22.3. The van der Waals surface area contributed by atoms with Crippen molar-refractivity contribution in [3.05, 3.63) is 48.1 Å². The van der Waals surface area contributed by atoms with Crippen molar-refractivity contribution >= 4 is 21.7 Å². The molecule has 9 heteroatoms. The van der Waals surface area contributed by atoms with Crippen LogP contribution in [0.5, 0.6) is 0 Å². The second kappa shape index (κ2) is 14.2. The van der Waals surface area contributed by atoms with Crippen LogP contribution in [0.25, 0.3) is 0 Å². The highest BCUT2D eigenvalue weighted by molar-refractivity contribution is 7.91. The van der Waals surface area contributed by atoms with E-state index in [1.807, 2.05) is 0 Å². The lowest BCUT2D eigenvalue weighted by Gasteiger charge is -2.72. The van der Waals surface area contributed by atoms with E-state index in [1.54, 1.807) is 0 Å². The summed E-state index contributed by atoms with van der Waals surface area (Å²) < 4.78 is 29.6. The fourth-order valence-electron chi connectivity index (χ4n) is 14.8. The molecule has 3 N–H and O–H groups in total. The number of allylic oxidation sites excluding steroid dienone is 5. The van der Waals surface area contributed by atoms with E-state index in [1.165, 1.54) is 74.2 Å². The van der Waals surface area contributed by atoms with Crippen molar-refractivity contribution in [3.8, 4) is 0 Å². The first-order valence-electron chi connectivity index (χ1n) is 21.6. The van der Waals surface area contributed by atoms with Gasteiger partial charge in [-0.25, -0.2) is 8.42 Å². The highest BCUT2D eigenvalue weighted by Gasteiger charge is 2.70. The molecule has 306 valence electrons. The monoisotopic (exact) mass is 778 g/mol. The van der Waals surface area contributed by atoms with Crippen LogP contribution in [0.1, 0.15) is 119 Å². The zero-order chi connectivity index (χ0) is 39.8. The predicted molar refractivity (Wildman–Crippen MR) is 222 cm³/mol. The molecule has 7 rings (SSSR count). The van der Waals surface area contributed by atoms with Crippen LogP contribution in [0, 0.1) is 62.1 Å². The number of rotatable bonds is 10. The normalized spacial score (nSPS) is 43.3. The van der Waals surface area contributed by atoms with Gasteiger partial charge in [0.1, 0.15) is 12.0 Å². The summed E-state index contributed by atoms with van der Waals surface area (Å²) in [7, 11) is -2.87. The third kappa shape index (κ3) is 6.56. The van der Waals surface area contributed by atoms with Crippen LogP contribution in [0.3, 0.4) is 0 Å². The summed E-state index contributed by atoms with van der Waals surface area (Å²) in [5.74, 6) is 2.66. The first-order chi connectivity index (χ1) is 25.8. The van der Waals surface area contributed by atoms with Gasteiger partial charge in [0.25, 0.3) is 0 Å². The Morgan fingerprint density at radius 1 is 0.982 bits per heavy atom. The standard InChI is InChI=1S/C46H71N3O5S/c1-9-38(47)54-30-45(40(50)51)19-12-32(13-20-45)34-15-17-42(6)36(41(34,4)5)16-18-44(8)37(42)11-10-35-39-33(31(2)3)14-21-46(39,23-22-43(35,44)7)48-24-25-49-26-28-55(52,53)29-27-49/h9,12,15,33,35-37,39,47-48H,1-2,10-11,13-14,16-30H2,3-8H3,(H,50,51)/t33-,35+,36-,37+,39+,42-,43+,44+,45+,46-/m0/s1. The Morgan fingerprint density at radius 3 is 2.35 bits per heavy atom. The summed E-state index contributed by atoms with van der Waals surface area (Å²) >= 11 is 0. The van der Waals surface area contributed by atoms with E-state index in [-0.39, 0.29) is 51.2 Å². The van der Waals surface area contributed by atoms with Gasteiger partial charge in [0.15, 0.2) is 9.84 Å². The predicted octanol–water partition coefficient (Wildman–Crippen LogP) is 8.61. The Kier molecular flexibility index (Phi) is 10.6. The highest BCUT2D eigenvalue weighted by Crippen LogP contribution is 2.76. The minimum absolute atomic E-state index is 0.00184. The molecule has 0 bridgehead atoms. The molecule has 1 heterocycles. The number of fused-ring (bicyclic) bond motifs is 7. The number of nitrogens with one attached hydrogen (secondary N) is 2. The number of carbonyl (C=O) groups is 1. The summed E-state index contributed by atoms with van der Waals surface area (Å²) in [6, 6.07) is 0. The Labute approximate surface area is 332 Å². The topological polar surface area (TPSA) is 120 Å². The highest BCUT2D eigenvalue weighted by atomic mass is 32.2. The van der Waals surface area contributed by atoms with E-state index < -0.39 is 21.2 Å².